The molecule has 1 heterocycles. The average Bonchev–Trinajstić information content (AvgIpc) is 3.14. The van der Waals surface area contributed by atoms with Crippen LogP contribution in [0.1, 0.15) is 49.7 Å². The lowest BCUT2D eigenvalue weighted by Crippen LogP contribution is -2.48. The third kappa shape index (κ3) is 5.20. The normalized spacial score (nSPS) is 22.4. The predicted molar refractivity (Wildman–Crippen MR) is 192 cm³/mol. The quantitative estimate of drug-likeness (QED) is 0.186. The topological polar surface area (TPSA) is 62.5 Å². The summed E-state index contributed by atoms with van der Waals surface area (Å²) >= 11 is 0. The Morgan fingerprint density at radius 1 is 0.479 bits per heavy atom. The summed E-state index contributed by atoms with van der Waals surface area (Å²) in [5.41, 5.74) is 9.67. The third-order valence-corrected chi connectivity index (χ3v) is 11.1. The summed E-state index contributed by atoms with van der Waals surface area (Å²) in [7, 11) is 0. The maximum atomic E-state index is 9.52. The van der Waals surface area contributed by atoms with Crippen molar-refractivity contribution in [1.29, 1.82) is 5.26 Å². The van der Waals surface area contributed by atoms with E-state index in [2.05, 4.69) is 91.0 Å². The van der Waals surface area contributed by atoms with E-state index in [-0.39, 0.29) is 0 Å². The molecule has 5 aromatic carbocycles. The minimum absolute atomic E-state index is 0.361. The second kappa shape index (κ2) is 11.7. The SMILES string of the molecule is N#Cc1cccc(-c2ccccc2-c2cccc(-c3nc(-c4ccccc4)nc(-c4ccc(C56C[C@H]7C[C@H](C5)C[C@@H](C6)C7)cc4)n3)c2)c1. The van der Waals surface area contributed by atoms with Gasteiger partial charge in [0.2, 0.25) is 0 Å². The minimum Gasteiger partial charge on any atom is -0.208 e. The molecular formula is C44H36N4. The first-order valence-corrected chi connectivity index (χ1v) is 17.3. The first-order chi connectivity index (χ1) is 23.6. The van der Waals surface area contributed by atoms with E-state index < -0.39 is 0 Å². The van der Waals surface area contributed by atoms with Crippen molar-refractivity contribution in [1.82, 2.24) is 15.0 Å². The highest BCUT2D eigenvalue weighted by Gasteiger charge is 2.51. The van der Waals surface area contributed by atoms with Gasteiger partial charge in [-0.1, -0.05) is 109 Å². The van der Waals surface area contributed by atoms with Crippen molar-refractivity contribution in [2.24, 2.45) is 17.8 Å². The molecule has 4 heteroatoms. The molecule has 4 fully saturated rings. The number of hydrogen-bond acceptors (Lipinski definition) is 4. The lowest BCUT2D eigenvalue weighted by Gasteiger charge is -2.57. The second-order valence-corrected chi connectivity index (χ2v) is 14.3. The molecule has 0 amide bonds. The van der Waals surface area contributed by atoms with Gasteiger partial charge in [0.1, 0.15) is 0 Å². The Balaban J connectivity index is 1.11. The number of hydrogen-bond donors (Lipinski definition) is 0. The Hall–Kier alpha value is -5.40. The maximum Gasteiger partial charge on any atom is 0.164 e. The van der Waals surface area contributed by atoms with Crippen LogP contribution in [0.5, 0.6) is 0 Å². The summed E-state index contributed by atoms with van der Waals surface area (Å²) < 4.78 is 0. The molecule has 4 aliphatic carbocycles. The highest BCUT2D eigenvalue weighted by molar-refractivity contribution is 5.85. The number of nitriles is 1. The molecule has 0 spiro atoms. The van der Waals surface area contributed by atoms with Crippen molar-refractivity contribution in [2.45, 2.75) is 43.9 Å². The van der Waals surface area contributed by atoms with E-state index in [1.165, 1.54) is 44.1 Å². The fourth-order valence-electron chi connectivity index (χ4n) is 9.36. The number of aromatic nitrogens is 3. The van der Waals surface area contributed by atoms with E-state index in [1.807, 2.05) is 42.5 Å². The van der Waals surface area contributed by atoms with Gasteiger partial charge in [0.05, 0.1) is 11.6 Å². The standard InChI is InChI=1S/C44H36N4/c45-28-29-8-6-11-35(23-29)39-14-4-5-15-40(39)36-12-7-13-37(24-36)43-47-41(33-9-2-1-3-10-33)46-42(48-43)34-16-18-38(19-17-34)44-25-30-20-31(26-44)22-32(21-30)27-44/h1-19,23-24,30-32H,20-22,25-27H2/t30-,31-,32-,44?. The van der Waals surface area contributed by atoms with Gasteiger partial charge in [-0.15, -0.1) is 0 Å². The predicted octanol–water partition coefficient (Wildman–Crippen LogP) is 10.5. The monoisotopic (exact) mass is 620 g/mol. The summed E-state index contributed by atoms with van der Waals surface area (Å²) in [4.78, 5) is 15.1. The van der Waals surface area contributed by atoms with Crippen LogP contribution in [-0.2, 0) is 5.41 Å². The van der Waals surface area contributed by atoms with Crippen molar-refractivity contribution < 1.29 is 0 Å². The Morgan fingerprint density at radius 3 is 1.56 bits per heavy atom. The Labute approximate surface area is 282 Å². The van der Waals surface area contributed by atoms with E-state index in [0.717, 1.165) is 56.7 Å². The maximum absolute atomic E-state index is 9.52. The molecular weight excluding hydrogens is 585 g/mol. The molecule has 232 valence electrons. The van der Waals surface area contributed by atoms with Gasteiger partial charge in [0, 0.05) is 16.7 Å². The van der Waals surface area contributed by atoms with E-state index in [4.69, 9.17) is 15.0 Å². The molecule has 10 rings (SSSR count). The van der Waals surface area contributed by atoms with Crippen LogP contribution in [0, 0.1) is 29.1 Å². The molecule has 4 nitrogen and oxygen atoms in total. The molecule has 0 aliphatic heterocycles. The molecule has 4 bridgehead atoms. The van der Waals surface area contributed by atoms with Crippen molar-refractivity contribution in [3.05, 3.63) is 139 Å². The van der Waals surface area contributed by atoms with Crippen molar-refractivity contribution in [3.63, 3.8) is 0 Å². The molecule has 0 unspecified atom stereocenters. The van der Waals surface area contributed by atoms with Crippen LogP contribution < -0.4 is 0 Å². The van der Waals surface area contributed by atoms with Crippen molar-refractivity contribution >= 4 is 0 Å². The van der Waals surface area contributed by atoms with E-state index >= 15 is 0 Å². The molecule has 0 atom stereocenters. The first kappa shape index (κ1) is 28.8. The molecule has 4 saturated carbocycles. The second-order valence-electron chi connectivity index (χ2n) is 14.3. The van der Waals surface area contributed by atoms with Crippen LogP contribution in [0.15, 0.2) is 127 Å². The van der Waals surface area contributed by atoms with Gasteiger partial charge in [-0.05, 0) is 108 Å². The van der Waals surface area contributed by atoms with Gasteiger partial charge in [0.15, 0.2) is 17.5 Å². The minimum atomic E-state index is 0.361. The zero-order valence-corrected chi connectivity index (χ0v) is 26.9. The fourth-order valence-corrected chi connectivity index (χ4v) is 9.36. The number of benzene rings is 5. The highest BCUT2D eigenvalue weighted by Crippen LogP contribution is 2.60. The summed E-state index contributed by atoms with van der Waals surface area (Å²) in [5.74, 6) is 4.76. The Morgan fingerprint density at radius 2 is 0.958 bits per heavy atom. The van der Waals surface area contributed by atoms with Gasteiger partial charge in [-0.25, -0.2) is 15.0 Å². The zero-order valence-electron chi connectivity index (χ0n) is 26.9. The van der Waals surface area contributed by atoms with Gasteiger partial charge in [-0.2, -0.15) is 5.26 Å². The summed E-state index contributed by atoms with van der Waals surface area (Å²) in [6.45, 7) is 0. The van der Waals surface area contributed by atoms with Crippen molar-refractivity contribution in [2.75, 3.05) is 0 Å². The average molecular weight is 621 g/mol. The molecule has 1 aromatic heterocycles. The van der Waals surface area contributed by atoms with Crippen LogP contribution in [-0.4, -0.2) is 15.0 Å². The smallest absolute Gasteiger partial charge is 0.164 e. The van der Waals surface area contributed by atoms with Crippen LogP contribution in [0.2, 0.25) is 0 Å². The van der Waals surface area contributed by atoms with Gasteiger partial charge < -0.3 is 0 Å². The zero-order chi connectivity index (χ0) is 32.1. The van der Waals surface area contributed by atoms with Crippen LogP contribution in [0.25, 0.3) is 56.4 Å². The number of nitrogens with zero attached hydrogens (tertiary/aromatic N) is 4. The van der Waals surface area contributed by atoms with Gasteiger partial charge >= 0.3 is 0 Å². The van der Waals surface area contributed by atoms with E-state index in [9.17, 15) is 5.26 Å². The summed E-state index contributed by atoms with van der Waals surface area (Å²) in [5, 5.41) is 9.52. The van der Waals surface area contributed by atoms with Crippen LogP contribution >= 0.6 is 0 Å². The first-order valence-electron chi connectivity index (χ1n) is 17.3. The fraction of sp³-hybridized carbons (Fsp3) is 0.227. The van der Waals surface area contributed by atoms with Gasteiger partial charge in [0.25, 0.3) is 0 Å². The lowest BCUT2D eigenvalue weighted by atomic mass is 9.48. The van der Waals surface area contributed by atoms with Crippen molar-refractivity contribution in [3.8, 4) is 62.5 Å². The van der Waals surface area contributed by atoms with E-state index in [0.29, 0.717) is 28.5 Å². The molecule has 4 aliphatic rings. The molecule has 0 radical (unpaired) electrons. The molecule has 48 heavy (non-hydrogen) atoms. The van der Waals surface area contributed by atoms with E-state index in [1.54, 1.807) is 0 Å². The molecule has 0 saturated heterocycles. The molecule has 0 N–H and O–H groups in total. The number of rotatable bonds is 6. The van der Waals surface area contributed by atoms with Crippen LogP contribution in [0.3, 0.4) is 0 Å². The summed E-state index contributed by atoms with van der Waals surface area (Å²) in [6.07, 6.45) is 8.43. The highest BCUT2D eigenvalue weighted by atomic mass is 15.0. The lowest BCUT2D eigenvalue weighted by molar-refractivity contribution is -0.00518. The van der Waals surface area contributed by atoms with Crippen LogP contribution in [0.4, 0.5) is 0 Å². The Bertz CT molecular complexity index is 2140. The largest absolute Gasteiger partial charge is 0.208 e. The van der Waals surface area contributed by atoms with Gasteiger partial charge in [-0.3, -0.25) is 0 Å². The Kier molecular flexibility index (Phi) is 7.01. The third-order valence-electron chi connectivity index (χ3n) is 11.1. The summed E-state index contributed by atoms with van der Waals surface area (Å²) in [6, 6.07) is 46.2. The molecule has 6 aromatic rings.